The first kappa shape index (κ1) is 14.9. The molecular formula is C19H21N5. The van der Waals surface area contributed by atoms with E-state index in [9.17, 15) is 0 Å². The van der Waals surface area contributed by atoms with Crippen molar-refractivity contribution in [2.24, 2.45) is 0 Å². The van der Waals surface area contributed by atoms with Crippen molar-refractivity contribution >= 4 is 22.8 Å². The number of anilines is 1. The summed E-state index contributed by atoms with van der Waals surface area (Å²) >= 11 is 0. The van der Waals surface area contributed by atoms with Crippen LogP contribution in [0.5, 0.6) is 0 Å². The molecule has 1 aliphatic carbocycles. The van der Waals surface area contributed by atoms with E-state index >= 15 is 0 Å². The van der Waals surface area contributed by atoms with Gasteiger partial charge < -0.3 is 11.1 Å². The zero-order valence-corrected chi connectivity index (χ0v) is 14.0. The van der Waals surface area contributed by atoms with Crippen LogP contribution in [0, 0.1) is 19.3 Å². The molecule has 0 amide bonds. The van der Waals surface area contributed by atoms with Gasteiger partial charge in [0.05, 0.1) is 16.9 Å². The van der Waals surface area contributed by atoms with Crippen LogP contribution in [0.2, 0.25) is 0 Å². The van der Waals surface area contributed by atoms with Gasteiger partial charge in [-0.25, -0.2) is 4.98 Å². The summed E-state index contributed by atoms with van der Waals surface area (Å²) < 4.78 is 0. The second-order valence-corrected chi connectivity index (χ2v) is 6.54. The predicted octanol–water partition coefficient (Wildman–Crippen LogP) is 3.70. The highest BCUT2D eigenvalue weighted by atomic mass is 15.1. The molecule has 0 atom stereocenters. The van der Waals surface area contributed by atoms with E-state index in [1.165, 1.54) is 30.2 Å². The van der Waals surface area contributed by atoms with Crippen LogP contribution in [0.25, 0.3) is 22.2 Å². The number of nitrogens with zero attached hydrogens (tertiary/aromatic N) is 2. The van der Waals surface area contributed by atoms with Crippen molar-refractivity contribution in [3.63, 3.8) is 0 Å². The van der Waals surface area contributed by atoms with E-state index < -0.39 is 0 Å². The summed E-state index contributed by atoms with van der Waals surface area (Å²) in [6.45, 7) is 4.06. The lowest BCUT2D eigenvalue weighted by atomic mass is 9.84. The van der Waals surface area contributed by atoms with Gasteiger partial charge >= 0.3 is 0 Å². The number of nitrogens with one attached hydrogen (secondary N) is 2. The molecule has 0 aliphatic heterocycles. The molecule has 1 aliphatic rings. The Morgan fingerprint density at radius 3 is 2.58 bits per heavy atom. The molecule has 0 fully saturated rings. The quantitative estimate of drug-likeness (QED) is 0.497. The molecule has 0 unspecified atom stereocenters. The number of aryl methyl sites for hydroxylation is 3. The zero-order chi connectivity index (χ0) is 16.8. The number of nitrogen functional groups attached to an aromatic ring is 1. The second-order valence-electron chi connectivity index (χ2n) is 6.54. The number of pyridine rings is 1. The maximum Gasteiger partial charge on any atom is 0.0781 e. The van der Waals surface area contributed by atoms with Crippen molar-refractivity contribution in [3.05, 3.63) is 40.2 Å². The minimum atomic E-state index is 0.649. The molecule has 0 spiro atoms. The maximum atomic E-state index is 7.80. The van der Waals surface area contributed by atoms with Crippen LogP contribution in [0.15, 0.2) is 12.1 Å². The van der Waals surface area contributed by atoms with Crippen molar-refractivity contribution in [1.29, 1.82) is 5.41 Å². The minimum Gasteiger partial charge on any atom is -0.398 e. The lowest BCUT2D eigenvalue weighted by Crippen LogP contribution is -2.10. The van der Waals surface area contributed by atoms with Gasteiger partial charge in [0, 0.05) is 34.1 Å². The molecule has 2 aromatic heterocycles. The lowest BCUT2D eigenvalue weighted by Gasteiger charge is -2.22. The molecular weight excluding hydrogens is 298 g/mol. The summed E-state index contributed by atoms with van der Waals surface area (Å²) in [4.78, 5) is 4.98. The average molecular weight is 319 g/mol. The topological polar surface area (TPSA) is 91.4 Å². The standard InChI is InChI=1S/C19H21N5/c1-10-17(11(2)24-23-10)19-13-6-4-3-5-12(13)18-14(9-20)15(21)7-8-16(18)22-19/h7-9,20H,3-6,21H2,1-2H3,(H,23,24). The first-order valence-corrected chi connectivity index (χ1v) is 8.38. The van der Waals surface area contributed by atoms with Crippen molar-refractivity contribution in [2.45, 2.75) is 39.5 Å². The number of H-pyrrole nitrogens is 1. The van der Waals surface area contributed by atoms with E-state index in [4.69, 9.17) is 16.1 Å². The summed E-state index contributed by atoms with van der Waals surface area (Å²) in [7, 11) is 0. The summed E-state index contributed by atoms with van der Waals surface area (Å²) in [5.74, 6) is 0. The monoisotopic (exact) mass is 319 g/mol. The molecule has 3 aromatic rings. The van der Waals surface area contributed by atoms with Gasteiger partial charge in [-0.1, -0.05) is 0 Å². The van der Waals surface area contributed by atoms with Gasteiger partial charge in [-0.3, -0.25) is 5.10 Å². The van der Waals surface area contributed by atoms with Gasteiger partial charge in [-0.05, 0) is 62.8 Å². The van der Waals surface area contributed by atoms with Gasteiger partial charge in [-0.15, -0.1) is 0 Å². The predicted molar refractivity (Wildman–Crippen MR) is 97.7 cm³/mol. The highest BCUT2D eigenvalue weighted by molar-refractivity contribution is 6.05. The Hall–Kier alpha value is -2.69. The number of nitrogens with two attached hydrogens (primary N) is 1. The third-order valence-electron chi connectivity index (χ3n) is 5.05. The highest BCUT2D eigenvalue weighted by Gasteiger charge is 2.23. The normalized spacial score (nSPS) is 13.9. The largest absolute Gasteiger partial charge is 0.398 e. The molecule has 5 heteroatoms. The first-order chi connectivity index (χ1) is 11.6. The third-order valence-corrected chi connectivity index (χ3v) is 5.05. The van der Waals surface area contributed by atoms with Crippen molar-refractivity contribution in [1.82, 2.24) is 15.2 Å². The van der Waals surface area contributed by atoms with Gasteiger partial charge in [0.15, 0.2) is 0 Å². The van der Waals surface area contributed by atoms with E-state index in [2.05, 4.69) is 10.2 Å². The molecule has 2 heterocycles. The van der Waals surface area contributed by atoms with Crippen LogP contribution in [-0.2, 0) is 12.8 Å². The van der Waals surface area contributed by atoms with Crippen molar-refractivity contribution in [3.8, 4) is 11.3 Å². The number of hydrogen-bond acceptors (Lipinski definition) is 4. The molecule has 0 radical (unpaired) electrons. The number of benzene rings is 1. The molecule has 4 rings (SSSR count). The van der Waals surface area contributed by atoms with Gasteiger partial charge in [0.25, 0.3) is 0 Å². The number of fused-ring (bicyclic) bond motifs is 3. The van der Waals surface area contributed by atoms with E-state index in [1.807, 2.05) is 26.0 Å². The van der Waals surface area contributed by atoms with E-state index in [1.54, 1.807) is 0 Å². The second kappa shape index (κ2) is 5.44. The van der Waals surface area contributed by atoms with Crippen LogP contribution >= 0.6 is 0 Å². The Bertz CT molecular complexity index is 948. The molecule has 0 saturated carbocycles. The van der Waals surface area contributed by atoms with E-state index in [-0.39, 0.29) is 0 Å². The third kappa shape index (κ3) is 2.04. The fourth-order valence-corrected chi connectivity index (χ4v) is 3.93. The van der Waals surface area contributed by atoms with Crippen LogP contribution < -0.4 is 5.73 Å². The number of hydrogen-bond donors (Lipinski definition) is 3. The summed E-state index contributed by atoms with van der Waals surface area (Å²) in [5, 5.41) is 16.3. The molecule has 24 heavy (non-hydrogen) atoms. The minimum absolute atomic E-state index is 0.649. The SMILES string of the molecule is Cc1n[nH]c(C)c1-c1nc2ccc(N)c(C=N)c2c2c1CCCC2. The van der Waals surface area contributed by atoms with Crippen LogP contribution in [-0.4, -0.2) is 21.4 Å². The Morgan fingerprint density at radius 1 is 1.17 bits per heavy atom. The van der Waals surface area contributed by atoms with Crippen LogP contribution in [0.4, 0.5) is 5.69 Å². The lowest BCUT2D eigenvalue weighted by molar-refractivity contribution is 0.689. The fraction of sp³-hybridized carbons (Fsp3) is 0.316. The van der Waals surface area contributed by atoms with Gasteiger partial charge in [0.2, 0.25) is 0 Å². The summed E-state index contributed by atoms with van der Waals surface area (Å²) in [6, 6.07) is 3.82. The van der Waals surface area contributed by atoms with E-state index in [0.717, 1.165) is 52.0 Å². The molecule has 0 bridgehead atoms. The molecule has 4 N–H and O–H groups in total. The Kier molecular flexibility index (Phi) is 3.37. The van der Waals surface area contributed by atoms with Crippen molar-refractivity contribution in [2.75, 3.05) is 5.73 Å². The van der Waals surface area contributed by atoms with Gasteiger partial charge in [0.1, 0.15) is 0 Å². The Balaban J connectivity index is 2.14. The van der Waals surface area contributed by atoms with E-state index in [0.29, 0.717) is 5.69 Å². The average Bonchev–Trinajstić information content (AvgIpc) is 2.93. The number of aromatic amines is 1. The van der Waals surface area contributed by atoms with Gasteiger partial charge in [-0.2, -0.15) is 5.10 Å². The first-order valence-electron chi connectivity index (χ1n) is 8.38. The van der Waals surface area contributed by atoms with Crippen molar-refractivity contribution < 1.29 is 0 Å². The highest BCUT2D eigenvalue weighted by Crippen LogP contribution is 2.38. The Labute approximate surface area is 140 Å². The fourth-order valence-electron chi connectivity index (χ4n) is 3.93. The maximum absolute atomic E-state index is 7.80. The smallest absolute Gasteiger partial charge is 0.0781 e. The number of rotatable bonds is 2. The zero-order valence-electron chi connectivity index (χ0n) is 14.0. The van der Waals surface area contributed by atoms with Crippen LogP contribution in [0.1, 0.15) is 40.9 Å². The Morgan fingerprint density at radius 2 is 1.92 bits per heavy atom. The summed E-state index contributed by atoms with van der Waals surface area (Å²) in [6.07, 6.45) is 5.74. The molecule has 5 nitrogen and oxygen atoms in total. The molecule has 122 valence electrons. The van der Waals surface area contributed by atoms with Crippen LogP contribution in [0.3, 0.4) is 0 Å². The molecule has 1 aromatic carbocycles. The number of aromatic nitrogens is 3. The molecule has 0 saturated heterocycles. The summed E-state index contributed by atoms with van der Waals surface area (Å²) in [5.41, 5.74) is 15.3.